The maximum atomic E-state index is 6.11. The van der Waals surface area contributed by atoms with Crippen LogP contribution in [0.15, 0.2) is 39.9 Å². The van der Waals surface area contributed by atoms with Crippen LogP contribution in [-0.2, 0) is 5.54 Å². The lowest BCUT2D eigenvalue weighted by Gasteiger charge is -2.39. The number of pyridine rings is 1. The highest BCUT2D eigenvalue weighted by molar-refractivity contribution is 9.10. The molecule has 1 aromatic carbocycles. The zero-order chi connectivity index (χ0) is 15.3. The van der Waals surface area contributed by atoms with Gasteiger partial charge in [0.25, 0.3) is 0 Å². The van der Waals surface area contributed by atoms with E-state index in [1.807, 2.05) is 24.3 Å². The molecule has 4 nitrogen and oxygen atoms in total. The molecule has 0 unspecified atom stereocenters. The predicted molar refractivity (Wildman–Crippen MR) is 92.9 cm³/mol. The monoisotopic (exact) mass is 395 g/mol. The number of nitrogens with zero attached hydrogens (tertiary/aromatic N) is 2. The molecular formula is C15H11BrClN3OS. The molecule has 2 aromatic rings. The summed E-state index contributed by atoms with van der Waals surface area (Å²) in [6.07, 6.45) is 2.48. The number of aromatic nitrogens is 1. The molecule has 0 aliphatic carbocycles. The Labute approximate surface area is 145 Å². The highest BCUT2D eigenvalue weighted by Crippen LogP contribution is 2.53. The maximum Gasteiger partial charge on any atom is 0.155 e. The topological polar surface area (TPSA) is 60.5 Å². The van der Waals surface area contributed by atoms with Crippen LogP contribution < -0.4 is 10.5 Å². The van der Waals surface area contributed by atoms with Gasteiger partial charge in [-0.3, -0.25) is 0 Å². The fraction of sp³-hybridized carbons (Fsp3) is 0.200. The fourth-order valence-corrected chi connectivity index (χ4v) is 4.32. The molecule has 1 aromatic heterocycles. The number of fused-ring (bicyclic) bond motifs is 4. The largest absolute Gasteiger partial charge is 0.455 e. The van der Waals surface area contributed by atoms with Crippen LogP contribution in [-0.4, -0.2) is 15.9 Å². The van der Waals surface area contributed by atoms with Crippen LogP contribution in [0, 0.1) is 0 Å². The third-order valence-corrected chi connectivity index (χ3v) is 5.40. The van der Waals surface area contributed by atoms with Gasteiger partial charge in [0.2, 0.25) is 0 Å². The van der Waals surface area contributed by atoms with Crippen molar-refractivity contribution in [1.82, 2.24) is 4.98 Å². The van der Waals surface area contributed by atoms with E-state index in [-0.39, 0.29) is 0 Å². The summed E-state index contributed by atoms with van der Waals surface area (Å²) in [5, 5.41) is 1.00. The number of thioether (sulfide) groups is 1. The minimum Gasteiger partial charge on any atom is -0.455 e. The van der Waals surface area contributed by atoms with Crippen LogP contribution in [0.3, 0.4) is 0 Å². The lowest BCUT2D eigenvalue weighted by Crippen LogP contribution is -2.35. The van der Waals surface area contributed by atoms with Gasteiger partial charge in [0.15, 0.2) is 10.9 Å². The molecule has 0 fully saturated rings. The average Bonchev–Trinajstić information content (AvgIpc) is 2.49. The molecule has 7 heteroatoms. The molecule has 112 valence electrons. The van der Waals surface area contributed by atoms with Crippen molar-refractivity contribution in [3.63, 3.8) is 0 Å². The number of rotatable bonds is 0. The Hall–Kier alpha value is -1.24. The first-order valence-electron chi connectivity index (χ1n) is 6.70. The number of hydrogen-bond donors (Lipinski definition) is 1. The van der Waals surface area contributed by atoms with Crippen LogP contribution in [0.5, 0.6) is 11.5 Å². The summed E-state index contributed by atoms with van der Waals surface area (Å²) < 4.78 is 6.97. The Morgan fingerprint density at radius 2 is 2.09 bits per heavy atom. The second-order valence-corrected chi connectivity index (χ2v) is 7.57. The van der Waals surface area contributed by atoms with E-state index in [9.17, 15) is 0 Å². The van der Waals surface area contributed by atoms with Crippen molar-refractivity contribution in [3.05, 3.63) is 51.2 Å². The first-order valence-corrected chi connectivity index (χ1v) is 8.86. The van der Waals surface area contributed by atoms with Crippen molar-refractivity contribution in [2.24, 2.45) is 10.7 Å². The van der Waals surface area contributed by atoms with E-state index in [2.05, 4.69) is 20.9 Å². The second kappa shape index (κ2) is 5.15. The lowest BCUT2D eigenvalue weighted by molar-refractivity contribution is 0.389. The van der Waals surface area contributed by atoms with Crippen molar-refractivity contribution < 1.29 is 4.74 Å². The summed E-state index contributed by atoms with van der Waals surface area (Å²) in [7, 11) is 0. The van der Waals surface area contributed by atoms with Crippen LogP contribution in [0.25, 0.3) is 0 Å². The molecule has 0 amide bonds. The zero-order valence-corrected chi connectivity index (χ0v) is 14.5. The third kappa shape index (κ3) is 2.13. The molecule has 4 rings (SSSR count). The first kappa shape index (κ1) is 14.4. The third-order valence-electron chi connectivity index (χ3n) is 3.90. The van der Waals surface area contributed by atoms with Gasteiger partial charge in [-0.1, -0.05) is 39.3 Å². The zero-order valence-electron chi connectivity index (χ0n) is 11.3. The van der Waals surface area contributed by atoms with Gasteiger partial charge in [0, 0.05) is 21.4 Å². The van der Waals surface area contributed by atoms with Crippen molar-refractivity contribution in [3.8, 4) is 11.5 Å². The standard InChI is InChI=1S/C15H11BrClN3OS/c16-8-1-2-11-9(5-8)15(3-4-22-14(18)20-15)10-6-13(17)19-7-12(10)21-11/h1-2,5-7H,3-4H2,(H2,18,20)/t15-/m1/s1. The van der Waals surface area contributed by atoms with E-state index in [4.69, 9.17) is 27.1 Å². The minimum atomic E-state index is -0.561. The van der Waals surface area contributed by atoms with E-state index in [1.54, 1.807) is 18.0 Å². The molecule has 1 spiro atoms. The number of amidine groups is 1. The Bertz CT molecular complexity index is 760. The molecule has 0 radical (unpaired) electrons. The predicted octanol–water partition coefficient (Wildman–Crippen LogP) is 4.30. The Morgan fingerprint density at radius 3 is 2.91 bits per heavy atom. The molecule has 1 atom stereocenters. The molecule has 2 aliphatic rings. The maximum absolute atomic E-state index is 6.11. The van der Waals surface area contributed by atoms with Gasteiger partial charge in [-0.25, -0.2) is 9.98 Å². The number of aliphatic imine (C=N–C) groups is 1. The molecular weight excluding hydrogens is 386 g/mol. The van der Waals surface area contributed by atoms with Gasteiger partial charge in [0.05, 0.1) is 6.20 Å². The highest BCUT2D eigenvalue weighted by Gasteiger charge is 2.44. The second-order valence-electron chi connectivity index (χ2n) is 5.15. The lowest BCUT2D eigenvalue weighted by atomic mass is 9.79. The number of benzene rings is 1. The molecule has 3 heterocycles. The first-order chi connectivity index (χ1) is 10.6. The van der Waals surface area contributed by atoms with E-state index in [1.165, 1.54) is 0 Å². The number of halogens is 2. The van der Waals surface area contributed by atoms with E-state index >= 15 is 0 Å². The average molecular weight is 397 g/mol. The Balaban J connectivity index is 2.05. The quantitative estimate of drug-likeness (QED) is 0.675. The number of ether oxygens (including phenoxy) is 1. The smallest absolute Gasteiger partial charge is 0.155 e. The fourth-order valence-electron chi connectivity index (χ4n) is 2.97. The van der Waals surface area contributed by atoms with E-state index < -0.39 is 5.54 Å². The van der Waals surface area contributed by atoms with Crippen molar-refractivity contribution in [2.75, 3.05) is 5.75 Å². The molecule has 0 saturated carbocycles. The van der Waals surface area contributed by atoms with Crippen LogP contribution >= 0.6 is 39.3 Å². The van der Waals surface area contributed by atoms with Crippen molar-refractivity contribution in [1.29, 1.82) is 0 Å². The summed E-state index contributed by atoms with van der Waals surface area (Å²) in [5.41, 5.74) is 7.40. The Kier molecular flexibility index (Phi) is 3.36. The summed E-state index contributed by atoms with van der Waals surface area (Å²) in [4.78, 5) is 8.93. The normalized spacial score (nSPS) is 22.5. The molecule has 2 N–H and O–H groups in total. The SMILES string of the molecule is NC1=N[C@]2(CCS1)c1cc(Br)ccc1Oc1cnc(Cl)cc12. The highest BCUT2D eigenvalue weighted by atomic mass is 79.9. The summed E-state index contributed by atoms with van der Waals surface area (Å²) in [6.45, 7) is 0. The van der Waals surface area contributed by atoms with Crippen molar-refractivity contribution in [2.45, 2.75) is 12.0 Å². The van der Waals surface area contributed by atoms with Gasteiger partial charge < -0.3 is 10.5 Å². The number of nitrogens with two attached hydrogens (primary N) is 1. The summed E-state index contributed by atoms with van der Waals surface area (Å²) in [5.74, 6) is 2.35. The van der Waals surface area contributed by atoms with Crippen LogP contribution in [0.2, 0.25) is 5.15 Å². The van der Waals surface area contributed by atoms with Crippen LogP contribution in [0.1, 0.15) is 17.5 Å². The molecule has 0 saturated heterocycles. The van der Waals surface area contributed by atoms with Gasteiger partial charge in [0.1, 0.15) is 16.4 Å². The van der Waals surface area contributed by atoms with Crippen LogP contribution in [0.4, 0.5) is 0 Å². The van der Waals surface area contributed by atoms with Gasteiger partial charge in [-0.15, -0.1) is 0 Å². The Morgan fingerprint density at radius 1 is 1.27 bits per heavy atom. The summed E-state index contributed by atoms with van der Waals surface area (Å²) >= 11 is 11.2. The minimum absolute atomic E-state index is 0.423. The molecule has 22 heavy (non-hydrogen) atoms. The van der Waals surface area contributed by atoms with Crippen molar-refractivity contribution >= 4 is 44.5 Å². The van der Waals surface area contributed by atoms with Gasteiger partial charge >= 0.3 is 0 Å². The summed E-state index contributed by atoms with van der Waals surface area (Å²) in [6, 6.07) is 7.75. The van der Waals surface area contributed by atoms with E-state index in [0.717, 1.165) is 33.5 Å². The van der Waals surface area contributed by atoms with Gasteiger partial charge in [-0.2, -0.15) is 0 Å². The molecule has 0 bridgehead atoms. The van der Waals surface area contributed by atoms with Gasteiger partial charge in [-0.05, 0) is 30.7 Å². The molecule has 2 aliphatic heterocycles. The van der Waals surface area contributed by atoms with E-state index in [0.29, 0.717) is 16.1 Å². The number of hydrogen-bond acceptors (Lipinski definition) is 5.